The van der Waals surface area contributed by atoms with Gasteiger partial charge < -0.3 is 10.5 Å². The maximum atomic E-state index is 13.7. The fraction of sp³-hybridized carbons (Fsp3) is 0.231. The van der Waals surface area contributed by atoms with Crippen LogP contribution in [-0.2, 0) is 0 Å². The van der Waals surface area contributed by atoms with Gasteiger partial charge in [0.25, 0.3) is 0 Å². The Bertz CT molecular complexity index is 604. The van der Waals surface area contributed by atoms with E-state index >= 15 is 0 Å². The van der Waals surface area contributed by atoms with E-state index in [-0.39, 0.29) is 17.5 Å². The van der Waals surface area contributed by atoms with Crippen LogP contribution in [0.1, 0.15) is 25.6 Å². The van der Waals surface area contributed by atoms with Crippen LogP contribution in [0.2, 0.25) is 0 Å². The molecule has 1 aromatic carbocycles. The second-order valence-electron chi connectivity index (χ2n) is 4.32. The fourth-order valence-electron chi connectivity index (χ4n) is 1.44. The first-order chi connectivity index (χ1) is 8.95. The molecule has 6 heteroatoms. The normalized spacial score (nSPS) is 10.8. The van der Waals surface area contributed by atoms with Crippen molar-refractivity contribution in [3.8, 4) is 11.6 Å². The van der Waals surface area contributed by atoms with Crippen LogP contribution in [0.25, 0.3) is 0 Å². The number of hydrogen-bond acceptors (Lipinski definition) is 4. The molecule has 1 aromatic heterocycles. The quantitative estimate of drug-likeness (QED) is 0.930. The van der Waals surface area contributed by atoms with Crippen molar-refractivity contribution in [2.75, 3.05) is 5.73 Å². The maximum Gasteiger partial charge on any atom is 0.224 e. The zero-order valence-corrected chi connectivity index (χ0v) is 12.1. The van der Waals surface area contributed by atoms with Crippen molar-refractivity contribution in [3.63, 3.8) is 0 Å². The average molecular weight is 326 g/mol. The van der Waals surface area contributed by atoms with Crippen LogP contribution in [0.4, 0.5) is 10.2 Å². The molecule has 0 aliphatic rings. The summed E-state index contributed by atoms with van der Waals surface area (Å²) in [5, 5.41) is 0. The lowest BCUT2D eigenvalue weighted by molar-refractivity contribution is 0.423. The zero-order chi connectivity index (χ0) is 14.0. The Balaban J connectivity index is 2.32. The van der Waals surface area contributed by atoms with Crippen molar-refractivity contribution >= 4 is 21.7 Å². The first-order valence-corrected chi connectivity index (χ1v) is 6.52. The number of aromatic nitrogens is 2. The SMILES string of the molecule is CC(C)c1nc(N)cc(Oc2ccc(Br)cc2F)n1. The van der Waals surface area contributed by atoms with Gasteiger partial charge in [-0.05, 0) is 18.2 Å². The van der Waals surface area contributed by atoms with Crippen molar-refractivity contribution in [1.82, 2.24) is 9.97 Å². The zero-order valence-electron chi connectivity index (χ0n) is 10.5. The highest BCUT2D eigenvalue weighted by molar-refractivity contribution is 9.10. The van der Waals surface area contributed by atoms with Gasteiger partial charge in [-0.1, -0.05) is 29.8 Å². The molecule has 0 atom stereocenters. The molecule has 4 nitrogen and oxygen atoms in total. The van der Waals surface area contributed by atoms with Crippen molar-refractivity contribution in [3.05, 3.63) is 40.4 Å². The molecule has 100 valence electrons. The summed E-state index contributed by atoms with van der Waals surface area (Å²) < 4.78 is 19.7. The largest absolute Gasteiger partial charge is 0.436 e. The summed E-state index contributed by atoms with van der Waals surface area (Å²) in [4.78, 5) is 8.30. The number of ether oxygens (including phenoxy) is 1. The molecule has 0 unspecified atom stereocenters. The minimum Gasteiger partial charge on any atom is -0.436 e. The van der Waals surface area contributed by atoms with Crippen LogP contribution >= 0.6 is 15.9 Å². The van der Waals surface area contributed by atoms with Crippen LogP contribution in [0, 0.1) is 5.82 Å². The molecular weight excluding hydrogens is 313 g/mol. The summed E-state index contributed by atoms with van der Waals surface area (Å²) in [6.45, 7) is 3.89. The van der Waals surface area contributed by atoms with Crippen molar-refractivity contribution in [1.29, 1.82) is 0 Å². The highest BCUT2D eigenvalue weighted by Crippen LogP contribution is 2.27. The number of hydrogen-bond donors (Lipinski definition) is 1. The number of nitrogens with two attached hydrogens (primary N) is 1. The van der Waals surface area contributed by atoms with Crippen LogP contribution in [-0.4, -0.2) is 9.97 Å². The standard InChI is InChI=1S/C13H13BrFN3O/c1-7(2)13-17-11(16)6-12(18-13)19-10-4-3-8(14)5-9(10)15/h3-7H,1-2H3,(H2,16,17,18). The lowest BCUT2D eigenvalue weighted by Gasteiger charge is -2.09. The molecule has 0 spiro atoms. The predicted molar refractivity (Wildman–Crippen MR) is 74.7 cm³/mol. The topological polar surface area (TPSA) is 61.0 Å². The van der Waals surface area contributed by atoms with E-state index in [1.807, 2.05) is 13.8 Å². The summed E-state index contributed by atoms with van der Waals surface area (Å²) >= 11 is 3.18. The maximum absolute atomic E-state index is 13.7. The molecular formula is C13H13BrFN3O. The Labute approximate surface area is 119 Å². The van der Waals surface area contributed by atoms with Crippen LogP contribution in [0.15, 0.2) is 28.7 Å². The summed E-state index contributed by atoms with van der Waals surface area (Å²) in [5.74, 6) is 0.824. The second-order valence-corrected chi connectivity index (χ2v) is 5.24. The van der Waals surface area contributed by atoms with Gasteiger partial charge in [0.05, 0.1) is 0 Å². The predicted octanol–water partition coefficient (Wildman–Crippen LogP) is 3.88. The Morgan fingerprint density at radius 3 is 2.63 bits per heavy atom. The molecule has 0 bridgehead atoms. The molecule has 0 saturated carbocycles. The van der Waals surface area contributed by atoms with Crippen LogP contribution in [0.5, 0.6) is 11.6 Å². The minimum atomic E-state index is -0.474. The Kier molecular flexibility index (Phi) is 3.99. The van der Waals surface area contributed by atoms with E-state index in [9.17, 15) is 4.39 Å². The summed E-state index contributed by atoms with van der Waals surface area (Å²) in [7, 11) is 0. The first-order valence-electron chi connectivity index (χ1n) is 5.73. The monoisotopic (exact) mass is 325 g/mol. The van der Waals surface area contributed by atoms with Gasteiger partial charge in [-0.25, -0.2) is 9.37 Å². The van der Waals surface area contributed by atoms with Gasteiger partial charge in [0.1, 0.15) is 11.6 Å². The Hall–Kier alpha value is -1.69. The third-order valence-corrected chi connectivity index (χ3v) is 2.86. The van der Waals surface area contributed by atoms with Gasteiger partial charge in [0.2, 0.25) is 5.88 Å². The molecule has 0 aliphatic carbocycles. The summed E-state index contributed by atoms with van der Waals surface area (Å²) in [5.41, 5.74) is 5.68. The van der Waals surface area contributed by atoms with Crippen LogP contribution in [0.3, 0.4) is 0 Å². The van der Waals surface area contributed by atoms with E-state index in [2.05, 4.69) is 25.9 Å². The molecule has 0 saturated heterocycles. The molecule has 19 heavy (non-hydrogen) atoms. The first kappa shape index (κ1) is 13.7. The summed E-state index contributed by atoms with van der Waals surface area (Å²) in [6.07, 6.45) is 0. The van der Waals surface area contributed by atoms with Crippen molar-refractivity contribution in [2.24, 2.45) is 0 Å². The van der Waals surface area contributed by atoms with Gasteiger partial charge in [0.15, 0.2) is 11.6 Å². The molecule has 2 N–H and O–H groups in total. The van der Waals surface area contributed by atoms with E-state index in [0.29, 0.717) is 16.1 Å². The summed E-state index contributed by atoms with van der Waals surface area (Å²) in [6, 6.07) is 6.00. The van der Waals surface area contributed by atoms with E-state index in [0.717, 1.165) is 0 Å². The highest BCUT2D eigenvalue weighted by atomic mass is 79.9. The van der Waals surface area contributed by atoms with Gasteiger partial charge in [-0.3, -0.25) is 0 Å². The highest BCUT2D eigenvalue weighted by Gasteiger charge is 2.10. The number of nitrogen functional groups attached to an aromatic ring is 1. The number of anilines is 1. The molecule has 0 radical (unpaired) electrons. The van der Waals surface area contributed by atoms with Crippen LogP contribution < -0.4 is 10.5 Å². The van der Waals surface area contributed by atoms with E-state index in [1.165, 1.54) is 18.2 Å². The minimum absolute atomic E-state index is 0.0935. The van der Waals surface area contributed by atoms with Gasteiger partial charge >= 0.3 is 0 Å². The van der Waals surface area contributed by atoms with Gasteiger partial charge in [-0.2, -0.15) is 4.98 Å². The fourth-order valence-corrected chi connectivity index (χ4v) is 1.78. The lowest BCUT2D eigenvalue weighted by Crippen LogP contribution is -2.03. The molecule has 0 fully saturated rings. The third-order valence-electron chi connectivity index (χ3n) is 2.36. The van der Waals surface area contributed by atoms with Crippen molar-refractivity contribution in [2.45, 2.75) is 19.8 Å². The molecule has 2 aromatic rings. The molecule has 0 amide bonds. The van der Waals surface area contributed by atoms with E-state index < -0.39 is 5.82 Å². The average Bonchev–Trinajstić information content (AvgIpc) is 2.32. The smallest absolute Gasteiger partial charge is 0.224 e. The number of rotatable bonds is 3. The molecule has 2 rings (SSSR count). The molecule has 1 heterocycles. The number of nitrogens with zero attached hydrogens (tertiary/aromatic N) is 2. The second kappa shape index (κ2) is 5.52. The van der Waals surface area contributed by atoms with Crippen molar-refractivity contribution < 1.29 is 9.13 Å². The number of halogens is 2. The Morgan fingerprint density at radius 2 is 2.00 bits per heavy atom. The van der Waals surface area contributed by atoms with Gasteiger partial charge in [-0.15, -0.1) is 0 Å². The van der Waals surface area contributed by atoms with Gasteiger partial charge in [0, 0.05) is 16.5 Å². The van der Waals surface area contributed by atoms with E-state index in [1.54, 1.807) is 6.07 Å². The number of benzene rings is 1. The lowest BCUT2D eigenvalue weighted by atomic mass is 10.2. The third kappa shape index (κ3) is 3.41. The molecule has 0 aliphatic heterocycles. The van der Waals surface area contributed by atoms with E-state index in [4.69, 9.17) is 10.5 Å². The Morgan fingerprint density at radius 1 is 1.26 bits per heavy atom.